The van der Waals surface area contributed by atoms with Crippen molar-refractivity contribution in [1.82, 2.24) is 5.32 Å². The van der Waals surface area contributed by atoms with Gasteiger partial charge in [-0.3, -0.25) is 9.59 Å². The molecule has 0 spiro atoms. The van der Waals surface area contributed by atoms with Gasteiger partial charge in [0.15, 0.2) is 6.29 Å². The number of rotatable bonds is 54. The fourth-order valence-corrected chi connectivity index (χ4v) is 9.56. The molecule has 0 radical (unpaired) electrons. The highest BCUT2D eigenvalue weighted by molar-refractivity contribution is 5.76. The van der Waals surface area contributed by atoms with Crippen molar-refractivity contribution in [1.29, 1.82) is 0 Å². The highest BCUT2D eigenvalue weighted by atomic mass is 16.7. The maximum atomic E-state index is 13.0. The van der Waals surface area contributed by atoms with Crippen molar-refractivity contribution in [2.24, 2.45) is 0 Å². The zero-order valence-corrected chi connectivity index (χ0v) is 48.7. The van der Waals surface area contributed by atoms with Crippen molar-refractivity contribution < 1.29 is 49.3 Å². The lowest BCUT2D eigenvalue weighted by atomic mass is 9.99. The molecule has 1 aliphatic rings. The van der Waals surface area contributed by atoms with E-state index in [1.165, 1.54) is 148 Å². The Kier molecular flexibility index (Phi) is 51.0. The summed E-state index contributed by atoms with van der Waals surface area (Å²) in [6.07, 6.45) is 60.3. The van der Waals surface area contributed by atoms with Crippen LogP contribution in [0.3, 0.4) is 0 Å². The second kappa shape index (κ2) is 54.3. The van der Waals surface area contributed by atoms with Gasteiger partial charge in [-0.15, -0.1) is 0 Å². The van der Waals surface area contributed by atoms with Crippen molar-refractivity contribution >= 4 is 11.9 Å². The first-order valence-electron chi connectivity index (χ1n) is 31.6. The molecule has 0 saturated carbocycles. The molecule has 0 aliphatic carbocycles. The maximum absolute atomic E-state index is 13.0. The number of esters is 1. The van der Waals surface area contributed by atoms with Gasteiger partial charge in [-0.05, 0) is 89.9 Å². The Morgan fingerprint density at radius 2 is 0.908 bits per heavy atom. The number of carbonyl (C=O) groups excluding carboxylic acids is 2. The number of unbranched alkanes of at least 4 members (excludes halogenated alkanes) is 32. The van der Waals surface area contributed by atoms with E-state index in [-0.39, 0.29) is 18.5 Å². The van der Waals surface area contributed by atoms with Crippen LogP contribution in [0.25, 0.3) is 0 Å². The Labute approximate surface area is 465 Å². The molecule has 11 nitrogen and oxygen atoms in total. The number of allylic oxidation sites excluding steroid dienone is 9. The highest BCUT2D eigenvalue weighted by Gasteiger charge is 2.44. The van der Waals surface area contributed by atoms with Crippen LogP contribution >= 0.6 is 0 Å². The van der Waals surface area contributed by atoms with E-state index in [9.17, 15) is 35.1 Å². The summed E-state index contributed by atoms with van der Waals surface area (Å²) in [6, 6.07) is -0.819. The van der Waals surface area contributed by atoms with Crippen LogP contribution in [0.1, 0.15) is 277 Å². The molecule has 7 unspecified atom stereocenters. The minimum Gasteiger partial charge on any atom is -0.466 e. The monoisotopic (exact) mass is 1070 g/mol. The van der Waals surface area contributed by atoms with Crippen LogP contribution in [0, 0.1) is 0 Å². The molecule has 0 aromatic rings. The fourth-order valence-electron chi connectivity index (χ4n) is 9.56. The number of aliphatic hydroxyl groups is 5. The number of aliphatic hydroxyl groups excluding tert-OH is 5. The minimum atomic E-state index is -1.58. The number of ether oxygens (including phenoxy) is 3. The quantitative estimate of drug-likeness (QED) is 0.0195. The van der Waals surface area contributed by atoms with Gasteiger partial charge in [0.2, 0.25) is 5.91 Å². The molecule has 11 heteroatoms. The van der Waals surface area contributed by atoms with Crippen LogP contribution in [-0.2, 0) is 23.8 Å². The standard InChI is InChI=1S/C65H117NO10/c1-3-5-7-9-11-13-15-28-33-37-41-45-49-53-61(70)74-54-50-46-42-38-34-30-27-25-23-21-19-17-18-20-22-24-26-29-32-36-40-44-48-52-60(69)66-57(56-75-65-64(73)63(72)62(71)59(55-67)76-65)58(68)51-47-43-39-35-31-16-14-12-10-8-6-4-2/h7,9,13,15,17,19-20,22,47,51,57-59,62-65,67-68,71-73H,3-6,8,10-12,14,16,18,21,23-46,48-50,52-56H2,1-2H3,(H,66,69)/b9-7-,15-13-,19-17-,22-20-,51-47+. The molecular formula is C65H117NO10. The summed E-state index contributed by atoms with van der Waals surface area (Å²) in [5.74, 6) is -0.214. The molecule has 1 amide bonds. The predicted molar refractivity (Wildman–Crippen MR) is 315 cm³/mol. The van der Waals surface area contributed by atoms with Gasteiger partial charge in [0.1, 0.15) is 24.4 Å². The van der Waals surface area contributed by atoms with Gasteiger partial charge in [-0.25, -0.2) is 0 Å². The predicted octanol–water partition coefficient (Wildman–Crippen LogP) is 15.0. The average molecular weight is 1070 g/mol. The van der Waals surface area contributed by atoms with E-state index < -0.39 is 49.5 Å². The van der Waals surface area contributed by atoms with E-state index in [2.05, 4.69) is 67.8 Å². The van der Waals surface area contributed by atoms with Gasteiger partial charge >= 0.3 is 5.97 Å². The van der Waals surface area contributed by atoms with Crippen LogP contribution in [0.15, 0.2) is 60.8 Å². The Balaban J connectivity index is 2.06. The summed E-state index contributed by atoms with van der Waals surface area (Å²) in [6.45, 7) is 4.25. The van der Waals surface area contributed by atoms with E-state index in [1.807, 2.05) is 6.08 Å². The summed E-state index contributed by atoms with van der Waals surface area (Å²) < 4.78 is 16.7. The van der Waals surface area contributed by atoms with E-state index in [0.29, 0.717) is 19.4 Å². The smallest absolute Gasteiger partial charge is 0.305 e. The van der Waals surface area contributed by atoms with Crippen molar-refractivity contribution in [3.05, 3.63) is 60.8 Å². The first-order chi connectivity index (χ1) is 37.2. The highest BCUT2D eigenvalue weighted by Crippen LogP contribution is 2.23. The fraction of sp³-hybridized carbons (Fsp3) is 0.815. The second-order valence-electron chi connectivity index (χ2n) is 21.8. The van der Waals surface area contributed by atoms with E-state index >= 15 is 0 Å². The summed E-state index contributed by atoms with van der Waals surface area (Å²) in [7, 11) is 0. The summed E-state index contributed by atoms with van der Waals surface area (Å²) >= 11 is 0. The van der Waals surface area contributed by atoms with Crippen molar-refractivity contribution in [2.75, 3.05) is 19.8 Å². The van der Waals surface area contributed by atoms with Gasteiger partial charge in [0, 0.05) is 12.8 Å². The Morgan fingerprint density at radius 1 is 0.487 bits per heavy atom. The third kappa shape index (κ3) is 43.3. The lowest BCUT2D eigenvalue weighted by Gasteiger charge is -2.40. The summed E-state index contributed by atoms with van der Waals surface area (Å²) in [4.78, 5) is 25.1. The largest absolute Gasteiger partial charge is 0.466 e. The third-order valence-electron chi connectivity index (χ3n) is 14.6. The Hall–Kier alpha value is -2.64. The molecule has 1 aliphatic heterocycles. The van der Waals surface area contributed by atoms with Crippen molar-refractivity contribution in [3.63, 3.8) is 0 Å². The van der Waals surface area contributed by atoms with E-state index in [1.54, 1.807) is 6.08 Å². The van der Waals surface area contributed by atoms with Gasteiger partial charge < -0.3 is 45.1 Å². The number of hydrogen-bond acceptors (Lipinski definition) is 10. The summed E-state index contributed by atoms with van der Waals surface area (Å²) in [5.41, 5.74) is 0. The molecule has 442 valence electrons. The lowest BCUT2D eigenvalue weighted by molar-refractivity contribution is -0.302. The molecule has 1 saturated heterocycles. The maximum Gasteiger partial charge on any atom is 0.305 e. The van der Waals surface area contributed by atoms with Gasteiger partial charge in [-0.1, -0.05) is 235 Å². The number of nitrogens with one attached hydrogen (secondary N) is 1. The lowest BCUT2D eigenvalue weighted by Crippen LogP contribution is -2.60. The molecule has 0 aromatic carbocycles. The first-order valence-corrected chi connectivity index (χ1v) is 31.6. The summed E-state index contributed by atoms with van der Waals surface area (Å²) in [5, 5.41) is 54.4. The molecule has 0 bridgehead atoms. The molecule has 0 aromatic heterocycles. The van der Waals surface area contributed by atoms with Crippen LogP contribution in [0.5, 0.6) is 0 Å². The zero-order chi connectivity index (χ0) is 55.2. The van der Waals surface area contributed by atoms with Crippen molar-refractivity contribution in [3.8, 4) is 0 Å². The number of amides is 1. The molecule has 1 rings (SSSR count). The van der Waals surface area contributed by atoms with Crippen LogP contribution in [0.2, 0.25) is 0 Å². The molecule has 6 N–H and O–H groups in total. The number of carbonyl (C=O) groups is 2. The third-order valence-corrected chi connectivity index (χ3v) is 14.6. The molecule has 7 atom stereocenters. The normalized spacial score (nSPS) is 19.1. The Morgan fingerprint density at radius 3 is 1.38 bits per heavy atom. The van der Waals surface area contributed by atoms with Crippen LogP contribution in [0.4, 0.5) is 0 Å². The van der Waals surface area contributed by atoms with Gasteiger partial charge in [-0.2, -0.15) is 0 Å². The average Bonchev–Trinajstić information content (AvgIpc) is 3.42. The molecule has 76 heavy (non-hydrogen) atoms. The first kappa shape index (κ1) is 71.4. The van der Waals surface area contributed by atoms with Gasteiger partial charge in [0.05, 0.1) is 32.0 Å². The minimum absolute atomic E-state index is 0.0208. The van der Waals surface area contributed by atoms with Crippen LogP contribution in [-0.4, -0.2) is 100 Å². The SMILES string of the molecule is CCC/C=C\C/C=C\CCCCCCCC(=O)OCCCCCCCCCCC/C=C\C/C=C\CCCCCCCCCC(=O)NC(COC1OC(CO)C(O)C(O)C1O)C(O)/C=C/CCCCCCCCCCCC. The molecule has 1 heterocycles. The van der Waals surface area contributed by atoms with E-state index in [0.717, 1.165) is 103 Å². The van der Waals surface area contributed by atoms with E-state index in [4.69, 9.17) is 14.2 Å². The Bertz CT molecular complexity index is 1450. The topological polar surface area (TPSA) is 175 Å². The van der Waals surface area contributed by atoms with Crippen LogP contribution < -0.4 is 5.32 Å². The van der Waals surface area contributed by atoms with Crippen molar-refractivity contribution in [2.45, 2.75) is 320 Å². The zero-order valence-electron chi connectivity index (χ0n) is 48.7. The number of hydrogen-bond donors (Lipinski definition) is 6. The van der Waals surface area contributed by atoms with Gasteiger partial charge in [0.25, 0.3) is 0 Å². The second-order valence-corrected chi connectivity index (χ2v) is 21.8. The molecule has 1 fully saturated rings. The molecular weight excluding hydrogens is 955 g/mol.